The SMILES string of the molecule is CC(=O)C1=CC[C@H]2C3=CC[C@@H]4CC=CC[C@]4(C)[C@@H]3C[C@@H](O)[C@]12C. The Morgan fingerprint density at radius 1 is 1.13 bits per heavy atom. The monoisotopic (exact) mass is 312 g/mol. The molecule has 0 radical (unpaired) electrons. The fourth-order valence-corrected chi connectivity index (χ4v) is 6.19. The zero-order chi connectivity index (χ0) is 16.4. The van der Waals surface area contributed by atoms with Gasteiger partial charge in [-0.15, -0.1) is 0 Å². The van der Waals surface area contributed by atoms with Crippen LogP contribution >= 0.6 is 0 Å². The number of carbonyl (C=O) groups excluding carboxylic acids is 1. The van der Waals surface area contributed by atoms with Gasteiger partial charge in [0.1, 0.15) is 0 Å². The number of hydrogen-bond acceptors (Lipinski definition) is 2. The summed E-state index contributed by atoms with van der Waals surface area (Å²) in [6, 6.07) is 0. The van der Waals surface area contributed by atoms with Crippen LogP contribution < -0.4 is 0 Å². The predicted octanol–water partition coefficient (Wildman–Crippen LogP) is 4.21. The smallest absolute Gasteiger partial charge is 0.156 e. The number of aliphatic hydroxyl groups excluding tert-OH is 1. The Bertz CT molecular complexity index is 640. The summed E-state index contributed by atoms with van der Waals surface area (Å²) in [6.07, 6.45) is 14.0. The molecule has 6 atom stereocenters. The van der Waals surface area contributed by atoms with Crippen molar-refractivity contribution in [1.29, 1.82) is 0 Å². The number of ketones is 1. The van der Waals surface area contributed by atoms with Crippen molar-refractivity contribution in [3.8, 4) is 0 Å². The molecule has 0 spiro atoms. The Kier molecular flexibility index (Phi) is 3.29. The topological polar surface area (TPSA) is 37.3 Å². The van der Waals surface area contributed by atoms with E-state index in [1.807, 2.05) is 0 Å². The van der Waals surface area contributed by atoms with Gasteiger partial charge < -0.3 is 5.11 Å². The van der Waals surface area contributed by atoms with Gasteiger partial charge in [0.05, 0.1) is 6.10 Å². The van der Waals surface area contributed by atoms with Gasteiger partial charge in [-0.05, 0) is 67.8 Å². The van der Waals surface area contributed by atoms with Gasteiger partial charge in [-0.25, -0.2) is 0 Å². The summed E-state index contributed by atoms with van der Waals surface area (Å²) in [6.45, 7) is 6.20. The van der Waals surface area contributed by atoms with Gasteiger partial charge in [0.25, 0.3) is 0 Å². The van der Waals surface area contributed by atoms with Gasteiger partial charge in [0.15, 0.2) is 5.78 Å². The third-order valence-electron chi connectivity index (χ3n) is 7.71. The minimum Gasteiger partial charge on any atom is -0.392 e. The minimum absolute atomic E-state index is 0.133. The molecule has 1 saturated carbocycles. The molecule has 0 aromatic rings. The maximum absolute atomic E-state index is 12.1. The molecule has 1 N–H and O–H groups in total. The first kappa shape index (κ1) is 15.4. The molecule has 0 amide bonds. The fourth-order valence-electron chi connectivity index (χ4n) is 6.19. The third-order valence-corrected chi connectivity index (χ3v) is 7.71. The molecule has 1 fully saturated rings. The first-order valence-electron chi connectivity index (χ1n) is 9.13. The van der Waals surface area contributed by atoms with E-state index in [0.717, 1.165) is 31.3 Å². The van der Waals surface area contributed by atoms with E-state index in [1.54, 1.807) is 12.5 Å². The Morgan fingerprint density at radius 3 is 2.65 bits per heavy atom. The highest BCUT2D eigenvalue weighted by Crippen LogP contribution is 2.64. The summed E-state index contributed by atoms with van der Waals surface area (Å²) in [5.41, 5.74) is 2.31. The highest BCUT2D eigenvalue weighted by Gasteiger charge is 2.58. The first-order chi connectivity index (χ1) is 10.9. The van der Waals surface area contributed by atoms with Crippen molar-refractivity contribution in [2.45, 2.75) is 59.0 Å². The summed E-state index contributed by atoms with van der Waals surface area (Å²) in [5, 5.41) is 11.1. The fraction of sp³-hybridized carbons (Fsp3) is 0.667. The van der Waals surface area contributed by atoms with Crippen LogP contribution in [0.2, 0.25) is 0 Å². The van der Waals surface area contributed by atoms with Crippen LogP contribution in [0.3, 0.4) is 0 Å². The predicted molar refractivity (Wildman–Crippen MR) is 91.8 cm³/mol. The second kappa shape index (κ2) is 4.92. The van der Waals surface area contributed by atoms with E-state index in [4.69, 9.17) is 0 Å². The lowest BCUT2D eigenvalue weighted by Gasteiger charge is -2.57. The number of hydrogen-bond donors (Lipinski definition) is 1. The summed E-state index contributed by atoms with van der Waals surface area (Å²) in [5.74, 6) is 1.63. The standard InChI is InChI=1S/C21H28O2/c1-13(22)16-9-10-17-15-8-7-14-6-4-5-11-20(14,2)18(15)12-19(23)21(16,17)3/h4-5,8-9,14,17-19,23H,6-7,10-12H2,1-3H3/t14-,17-,18+,19+,20-,21+/m0/s1. The maximum atomic E-state index is 12.1. The maximum Gasteiger partial charge on any atom is 0.156 e. The van der Waals surface area contributed by atoms with Gasteiger partial charge in [0.2, 0.25) is 0 Å². The summed E-state index contributed by atoms with van der Waals surface area (Å²) in [4.78, 5) is 12.1. The first-order valence-corrected chi connectivity index (χ1v) is 9.13. The Labute approximate surface area is 139 Å². The van der Waals surface area contributed by atoms with Crippen LogP contribution in [-0.2, 0) is 4.79 Å². The largest absolute Gasteiger partial charge is 0.392 e. The molecule has 0 aromatic heterocycles. The molecule has 23 heavy (non-hydrogen) atoms. The van der Waals surface area contributed by atoms with E-state index in [-0.39, 0.29) is 16.6 Å². The van der Waals surface area contributed by atoms with E-state index >= 15 is 0 Å². The van der Waals surface area contributed by atoms with Crippen LogP contribution in [0.4, 0.5) is 0 Å². The quantitative estimate of drug-likeness (QED) is 0.736. The molecular weight excluding hydrogens is 284 g/mol. The van der Waals surface area contributed by atoms with Crippen molar-refractivity contribution in [2.24, 2.45) is 28.6 Å². The lowest BCUT2D eigenvalue weighted by Crippen LogP contribution is -2.53. The Morgan fingerprint density at radius 2 is 1.91 bits per heavy atom. The number of fused-ring (bicyclic) bond motifs is 5. The molecule has 4 aliphatic carbocycles. The van der Waals surface area contributed by atoms with Crippen LogP contribution in [0.5, 0.6) is 0 Å². The van der Waals surface area contributed by atoms with Crippen molar-refractivity contribution < 1.29 is 9.90 Å². The van der Waals surface area contributed by atoms with Crippen molar-refractivity contribution in [3.63, 3.8) is 0 Å². The molecule has 2 heteroatoms. The number of carbonyl (C=O) groups is 1. The Hall–Kier alpha value is -1.15. The number of aliphatic hydroxyl groups is 1. The van der Waals surface area contributed by atoms with Crippen molar-refractivity contribution >= 4 is 5.78 Å². The second-order valence-corrected chi connectivity index (χ2v) is 8.60. The van der Waals surface area contributed by atoms with Crippen LogP contribution in [0.25, 0.3) is 0 Å². The highest BCUT2D eigenvalue weighted by atomic mass is 16.3. The van der Waals surface area contributed by atoms with Crippen LogP contribution in [0.1, 0.15) is 52.9 Å². The average Bonchev–Trinajstić information content (AvgIpc) is 2.87. The van der Waals surface area contributed by atoms with Crippen LogP contribution in [0.15, 0.2) is 35.5 Å². The normalized spacial score (nSPS) is 48.0. The van der Waals surface area contributed by atoms with Gasteiger partial charge in [-0.1, -0.05) is 43.7 Å². The van der Waals surface area contributed by atoms with Crippen LogP contribution in [-0.4, -0.2) is 17.0 Å². The molecule has 4 aliphatic rings. The minimum atomic E-state index is -0.409. The highest BCUT2D eigenvalue weighted by molar-refractivity contribution is 5.95. The van der Waals surface area contributed by atoms with E-state index in [9.17, 15) is 9.90 Å². The zero-order valence-electron chi connectivity index (χ0n) is 14.5. The molecule has 2 nitrogen and oxygen atoms in total. The lowest BCUT2D eigenvalue weighted by atomic mass is 9.48. The second-order valence-electron chi connectivity index (χ2n) is 8.60. The van der Waals surface area contributed by atoms with E-state index in [2.05, 4.69) is 38.2 Å². The Balaban J connectivity index is 1.76. The molecule has 0 saturated heterocycles. The molecule has 0 aliphatic heterocycles. The zero-order valence-corrected chi connectivity index (χ0v) is 14.5. The molecule has 0 unspecified atom stereocenters. The molecular formula is C21H28O2. The van der Waals surface area contributed by atoms with Gasteiger partial charge in [-0.3, -0.25) is 4.79 Å². The van der Waals surface area contributed by atoms with Crippen LogP contribution in [0, 0.1) is 28.6 Å². The van der Waals surface area contributed by atoms with E-state index in [0.29, 0.717) is 17.8 Å². The lowest BCUT2D eigenvalue weighted by molar-refractivity contribution is -0.117. The van der Waals surface area contributed by atoms with E-state index < -0.39 is 6.10 Å². The summed E-state index contributed by atoms with van der Waals surface area (Å²) >= 11 is 0. The van der Waals surface area contributed by atoms with E-state index in [1.165, 1.54) is 6.42 Å². The average molecular weight is 312 g/mol. The van der Waals surface area contributed by atoms with Gasteiger partial charge in [0, 0.05) is 5.41 Å². The number of Topliss-reactive ketones (excluding diaryl/α,β-unsaturated/α-hetero) is 1. The number of allylic oxidation sites excluding steroid dienone is 5. The summed E-state index contributed by atoms with van der Waals surface area (Å²) < 4.78 is 0. The molecule has 0 aromatic carbocycles. The number of rotatable bonds is 1. The molecule has 0 bridgehead atoms. The van der Waals surface area contributed by atoms with Gasteiger partial charge in [-0.2, -0.15) is 0 Å². The molecule has 4 rings (SSSR count). The van der Waals surface area contributed by atoms with Crippen molar-refractivity contribution in [3.05, 3.63) is 35.5 Å². The summed E-state index contributed by atoms with van der Waals surface area (Å²) in [7, 11) is 0. The van der Waals surface area contributed by atoms with Crippen molar-refractivity contribution in [2.75, 3.05) is 0 Å². The third kappa shape index (κ3) is 1.88. The molecule has 124 valence electrons. The molecule has 0 heterocycles. The van der Waals surface area contributed by atoms with Gasteiger partial charge >= 0.3 is 0 Å². The van der Waals surface area contributed by atoms with Crippen molar-refractivity contribution in [1.82, 2.24) is 0 Å².